The van der Waals surface area contributed by atoms with Crippen LogP contribution in [0.25, 0.3) is 11.2 Å². The van der Waals surface area contributed by atoms with Gasteiger partial charge in [-0.15, -0.1) is 5.54 Å². The summed E-state index contributed by atoms with van der Waals surface area (Å²) in [5, 5.41) is 2.84. The van der Waals surface area contributed by atoms with Gasteiger partial charge in [-0.3, -0.25) is 9.36 Å². The second-order valence-corrected chi connectivity index (χ2v) is 29.0. The van der Waals surface area contributed by atoms with Gasteiger partial charge < -0.3 is 27.8 Å². The van der Waals surface area contributed by atoms with E-state index in [9.17, 15) is 4.79 Å². The summed E-state index contributed by atoms with van der Waals surface area (Å²) < 4.78 is 36.4. The molecule has 3 aromatic rings. The minimum Gasteiger partial charge on any atom is -0.484 e. The standard InChI is InChI=1S/C35H53N5O6Si3/c1-23(2)48(24(3)4)43-19-29-32(45-49(46-48,25(5)6)26(7)8)28(17-18-47(9,10)11)35(44-29)40-22-38-31-33(36-21-37-34(31)40)39-30(41)20-42-27-15-13-12-14-16-27/h12-16,21-26,28-29,32,35H,19-20H2,1-11H3,(H,36,37,39,41)/t28-,29+,32-,35+/m0/s1. The van der Waals surface area contributed by atoms with Crippen molar-refractivity contribution in [2.45, 2.75) is 116 Å². The lowest BCUT2D eigenvalue weighted by Crippen LogP contribution is -2.65. The molecule has 0 radical (unpaired) electrons. The van der Waals surface area contributed by atoms with Crippen LogP contribution in [0.2, 0.25) is 41.8 Å². The highest BCUT2D eigenvalue weighted by molar-refractivity contribution is 6.84. The number of hydrogen-bond acceptors (Lipinski definition) is 9. The number of carbonyl (C=O) groups is 1. The Balaban J connectivity index is 1.53. The van der Waals surface area contributed by atoms with Gasteiger partial charge in [0.2, 0.25) is 0 Å². The number of ether oxygens (including phenoxy) is 2. The molecule has 0 saturated carbocycles. The van der Waals surface area contributed by atoms with Crippen LogP contribution >= 0.6 is 0 Å². The third-order valence-corrected chi connectivity index (χ3v) is 20.4. The molecule has 0 spiro atoms. The largest absolute Gasteiger partial charge is 0.484 e. The Bertz CT molecular complexity index is 1650. The zero-order chi connectivity index (χ0) is 35.7. The van der Waals surface area contributed by atoms with E-state index < -0.39 is 31.4 Å². The third-order valence-electron chi connectivity index (χ3n) is 9.29. The zero-order valence-corrected chi connectivity index (χ0v) is 33.8. The van der Waals surface area contributed by atoms with Crippen molar-refractivity contribution in [3.8, 4) is 17.2 Å². The molecule has 11 nitrogen and oxygen atoms in total. The monoisotopic (exact) mass is 723 g/mol. The summed E-state index contributed by atoms with van der Waals surface area (Å²) in [6.07, 6.45) is 1.78. The smallest absolute Gasteiger partial charge is 0.335 e. The van der Waals surface area contributed by atoms with Gasteiger partial charge in [0, 0.05) is 0 Å². The van der Waals surface area contributed by atoms with Crippen LogP contribution in [-0.4, -0.2) is 76.0 Å². The normalized spacial score (nSPS) is 23.7. The van der Waals surface area contributed by atoms with Crippen molar-refractivity contribution >= 4 is 48.1 Å². The number of imidazole rings is 1. The SMILES string of the molecule is CC(C)[Si]1(C(C)C)OC[C@H]2O[C@@H](n3cnc4c(NC(=O)COc5ccccc5)ncnc43)[C@@H](C#C[Si](C)(C)C)[C@@H]2O[Si](C(C)C)(C(C)C)O1. The first kappa shape index (κ1) is 37.3. The highest BCUT2D eigenvalue weighted by Crippen LogP contribution is 2.50. The molecule has 2 saturated heterocycles. The first-order valence-corrected chi connectivity index (χ1v) is 24.9. The Hall–Kier alpha value is -2.91. The quantitative estimate of drug-likeness (QED) is 0.181. The highest BCUT2D eigenvalue weighted by atomic mass is 28.5. The molecule has 0 aliphatic carbocycles. The van der Waals surface area contributed by atoms with E-state index in [1.165, 1.54) is 6.33 Å². The topological polar surface area (TPSA) is 119 Å². The maximum atomic E-state index is 12.9. The number of aromatic nitrogens is 4. The minimum absolute atomic E-state index is 0.169. The summed E-state index contributed by atoms with van der Waals surface area (Å²) in [5.74, 6) is 3.84. The number of carbonyl (C=O) groups excluding carboxylic acids is 1. The molecule has 2 fully saturated rings. The van der Waals surface area contributed by atoms with Crippen molar-refractivity contribution < 1.29 is 27.2 Å². The fourth-order valence-corrected chi connectivity index (χ4v) is 18.6. The number of anilines is 1. The van der Waals surface area contributed by atoms with Crippen LogP contribution in [0.1, 0.15) is 61.6 Å². The molecule has 1 N–H and O–H groups in total. The summed E-state index contributed by atoms with van der Waals surface area (Å²) in [6, 6.07) is 9.19. The van der Waals surface area contributed by atoms with E-state index in [1.54, 1.807) is 18.5 Å². The summed E-state index contributed by atoms with van der Waals surface area (Å²) >= 11 is 0. The van der Waals surface area contributed by atoms with Crippen LogP contribution in [0.4, 0.5) is 5.82 Å². The Morgan fingerprint density at radius 3 is 2.24 bits per heavy atom. The van der Waals surface area contributed by atoms with E-state index in [1.807, 2.05) is 22.8 Å². The van der Waals surface area contributed by atoms with Gasteiger partial charge in [0.15, 0.2) is 29.8 Å². The second kappa shape index (κ2) is 14.7. The number of hydrogen-bond donors (Lipinski definition) is 1. The zero-order valence-electron chi connectivity index (χ0n) is 30.8. The number of nitrogens with one attached hydrogen (secondary N) is 1. The molecule has 4 heterocycles. The number of rotatable bonds is 9. The number of para-hydroxylation sites is 1. The van der Waals surface area contributed by atoms with Crippen LogP contribution in [0.15, 0.2) is 43.0 Å². The lowest BCUT2D eigenvalue weighted by atomic mass is 10.0. The van der Waals surface area contributed by atoms with Gasteiger partial charge in [-0.05, 0) is 34.3 Å². The van der Waals surface area contributed by atoms with Crippen LogP contribution in [0.3, 0.4) is 0 Å². The fraction of sp³-hybridized carbons (Fsp3) is 0.600. The Morgan fingerprint density at radius 2 is 1.63 bits per heavy atom. The average molecular weight is 724 g/mol. The van der Waals surface area contributed by atoms with E-state index in [-0.39, 0.29) is 52.8 Å². The van der Waals surface area contributed by atoms with Gasteiger partial charge in [-0.2, -0.15) is 0 Å². The molecule has 5 rings (SSSR count). The van der Waals surface area contributed by atoms with Crippen molar-refractivity contribution in [1.29, 1.82) is 0 Å². The molecule has 266 valence electrons. The first-order valence-electron chi connectivity index (χ1n) is 17.4. The molecule has 1 aromatic carbocycles. The molecular weight excluding hydrogens is 671 g/mol. The van der Waals surface area contributed by atoms with E-state index in [4.69, 9.17) is 22.4 Å². The molecule has 14 heteroatoms. The van der Waals surface area contributed by atoms with E-state index in [0.717, 1.165) is 0 Å². The number of nitrogens with zero attached hydrogens (tertiary/aromatic N) is 4. The predicted molar refractivity (Wildman–Crippen MR) is 198 cm³/mol. The van der Waals surface area contributed by atoms with E-state index >= 15 is 0 Å². The fourth-order valence-electron chi connectivity index (χ4n) is 6.81. The van der Waals surface area contributed by atoms with Crippen molar-refractivity contribution in [3.05, 3.63) is 43.0 Å². The summed E-state index contributed by atoms with van der Waals surface area (Å²) in [6.45, 7) is 24.6. The second-order valence-electron chi connectivity index (χ2n) is 15.4. The Morgan fingerprint density at radius 1 is 0.980 bits per heavy atom. The molecule has 2 aliphatic rings. The van der Waals surface area contributed by atoms with Gasteiger partial charge in [-0.1, -0.05) is 99.2 Å². The number of amides is 1. The molecule has 2 aliphatic heterocycles. The average Bonchev–Trinajstić information content (AvgIpc) is 3.60. The van der Waals surface area contributed by atoms with Crippen molar-refractivity contribution in [2.24, 2.45) is 5.92 Å². The highest BCUT2D eigenvalue weighted by Gasteiger charge is 2.61. The van der Waals surface area contributed by atoms with Crippen LogP contribution < -0.4 is 10.1 Å². The molecular formula is C35H53N5O6Si3. The molecule has 49 heavy (non-hydrogen) atoms. The number of fused-ring (bicyclic) bond motifs is 2. The molecule has 2 aromatic heterocycles. The van der Waals surface area contributed by atoms with Crippen LogP contribution in [-0.2, 0) is 22.5 Å². The predicted octanol–water partition coefficient (Wildman–Crippen LogP) is 7.19. The summed E-state index contributed by atoms with van der Waals surface area (Å²) in [7, 11) is -7.47. The summed E-state index contributed by atoms with van der Waals surface area (Å²) in [4.78, 5) is 26.5. The van der Waals surface area contributed by atoms with Gasteiger partial charge in [-0.25, -0.2) is 15.0 Å². The third kappa shape index (κ3) is 7.73. The van der Waals surface area contributed by atoms with E-state index in [2.05, 4.69) is 107 Å². The molecule has 0 unspecified atom stereocenters. The van der Waals surface area contributed by atoms with Gasteiger partial charge >= 0.3 is 17.1 Å². The van der Waals surface area contributed by atoms with Gasteiger partial charge in [0.05, 0.1) is 25.0 Å². The minimum atomic E-state index is -2.92. The van der Waals surface area contributed by atoms with Gasteiger partial charge in [0.25, 0.3) is 5.91 Å². The molecule has 4 atom stereocenters. The van der Waals surface area contributed by atoms with Crippen LogP contribution in [0, 0.1) is 17.4 Å². The Kier molecular flexibility index (Phi) is 11.2. The van der Waals surface area contributed by atoms with Crippen molar-refractivity contribution in [2.75, 3.05) is 18.5 Å². The van der Waals surface area contributed by atoms with E-state index in [0.29, 0.717) is 29.3 Å². The number of benzene rings is 1. The Labute approximate surface area is 294 Å². The van der Waals surface area contributed by atoms with Gasteiger partial charge in [0.1, 0.15) is 26.3 Å². The lowest BCUT2D eigenvalue weighted by molar-refractivity contribution is -0.118. The summed E-state index contributed by atoms with van der Waals surface area (Å²) in [5.41, 5.74) is 5.36. The van der Waals surface area contributed by atoms with Crippen molar-refractivity contribution in [3.63, 3.8) is 0 Å². The maximum absolute atomic E-state index is 12.9. The van der Waals surface area contributed by atoms with Crippen LogP contribution in [0.5, 0.6) is 5.75 Å². The van der Waals surface area contributed by atoms with Crippen molar-refractivity contribution in [1.82, 2.24) is 19.5 Å². The first-order chi connectivity index (χ1) is 23.1. The molecule has 1 amide bonds. The maximum Gasteiger partial charge on any atom is 0.335 e. The molecule has 0 bridgehead atoms. The lowest BCUT2D eigenvalue weighted by Gasteiger charge is -2.51.